The van der Waals surface area contributed by atoms with Gasteiger partial charge in [0, 0.05) is 24.7 Å². The van der Waals surface area contributed by atoms with E-state index in [4.69, 9.17) is 16.3 Å². The van der Waals surface area contributed by atoms with Crippen molar-refractivity contribution in [3.8, 4) is 5.69 Å². The predicted molar refractivity (Wildman–Crippen MR) is 103 cm³/mol. The molecule has 0 aliphatic carbocycles. The number of amides is 1. The average molecular weight is 394 g/mol. The van der Waals surface area contributed by atoms with Crippen LogP contribution < -0.4 is 0 Å². The summed E-state index contributed by atoms with van der Waals surface area (Å²) >= 11 is 5.94. The van der Waals surface area contributed by atoms with E-state index < -0.39 is 11.4 Å². The number of benzene rings is 1. The lowest BCUT2D eigenvalue weighted by molar-refractivity contribution is 0.0203. The van der Waals surface area contributed by atoms with Crippen molar-refractivity contribution in [3.05, 3.63) is 46.5 Å². The van der Waals surface area contributed by atoms with Crippen LogP contribution in [-0.2, 0) is 4.74 Å². The Bertz CT molecular complexity index is 836. The summed E-state index contributed by atoms with van der Waals surface area (Å²) in [5.41, 5.74) is 2.18. The van der Waals surface area contributed by atoms with Crippen molar-refractivity contribution in [1.82, 2.24) is 14.7 Å². The minimum absolute atomic E-state index is 0.0753. The first kappa shape index (κ1) is 19.7. The molecule has 0 saturated carbocycles. The lowest BCUT2D eigenvalue weighted by Gasteiger charge is -2.33. The molecule has 5 nitrogen and oxygen atoms in total. The predicted octanol–water partition coefficient (Wildman–Crippen LogP) is 5.09. The van der Waals surface area contributed by atoms with Crippen LogP contribution in [-0.4, -0.2) is 39.5 Å². The highest BCUT2D eigenvalue weighted by Crippen LogP contribution is 2.31. The normalized spacial score (nSPS) is 15.9. The van der Waals surface area contributed by atoms with Crippen LogP contribution in [0.1, 0.15) is 50.9 Å². The topological polar surface area (TPSA) is 47.4 Å². The zero-order valence-electron chi connectivity index (χ0n) is 16.1. The Labute approximate surface area is 164 Å². The molecule has 0 spiro atoms. The highest BCUT2D eigenvalue weighted by Gasteiger charge is 2.29. The van der Waals surface area contributed by atoms with Crippen LogP contribution in [0.3, 0.4) is 0 Å². The van der Waals surface area contributed by atoms with Gasteiger partial charge in [0.25, 0.3) is 0 Å². The molecule has 0 radical (unpaired) electrons. The molecule has 1 aliphatic heterocycles. The van der Waals surface area contributed by atoms with E-state index in [0.29, 0.717) is 13.1 Å². The summed E-state index contributed by atoms with van der Waals surface area (Å²) in [5.74, 6) is -0.190. The first-order chi connectivity index (χ1) is 12.6. The van der Waals surface area contributed by atoms with Gasteiger partial charge in [-0.2, -0.15) is 5.10 Å². The first-order valence-corrected chi connectivity index (χ1v) is 9.52. The molecule has 1 saturated heterocycles. The van der Waals surface area contributed by atoms with Crippen molar-refractivity contribution in [2.24, 2.45) is 0 Å². The number of rotatable bonds is 2. The number of carbonyl (C=O) groups excluding carboxylic acids is 1. The zero-order chi connectivity index (χ0) is 19.8. The Morgan fingerprint density at radius 3 is 2.52 bits per heavy atom. The molecular weight excluding hydrogens is 369 g/mol. The minimum atomic E-state index is -0.495. The molecule has 1 aromatic carbocycles. The second-order valence-corrected chi connectivity index (χ2v) is 8.37. The number of nitrogens with zero attached hydrogens (tertiary/aromatic N) is 3. The van der Waals surface area contributed by atoms with E-state index in [2.05, 4.69) is 5.10 Å². The summed E-state index contributed by atoms with van der Waals surface area (Å²) in [4.78, 5) is 14.0. The molecule has 3 rings (SSSR count). The summed E-state index contributed by atoms with van der Waals surface area (Å²) < 4.78 is 20.8. The average Bonchev–Trinajstić information content (AvgIpc) is 2.98. The van der Waals surface area contributed by atoms with Gasteiger partial charge < -0.3 is 9.64 Å². The molecule has 1 fully saturated rings. The van der Waals surface area contributed by atoms with Crippen molar-refractivity contribution in [1.29, 1.82) is 0 Å². The fourth-order valence-electron chi connectivity index (χ4n) is 3.32. The molecule has 2 heterocycles. The molecule has 0 bridgehead atoms. The van der Waals surface area contributed by atoms with Crippen LogP contribution in [0.5, 0.6) is 0 Å². The molecule has 7 heteroatoms. The zero-order valence-corrected chi connectivity index (χ0v) is 16.9. The molecule has 1 aliphatic rings. The Balaban J connectivity index is 1.75. The first-order valence-electron chi connectivity index (χ1n) is 9.14. The van der Waals surface area contributed by atoms with Crippen molar-refractivity contribution < 1.29 is 13.9 Å². The number of aryl methyl sites for hydroxylation is 1. The maximum atomic E-state index is 13.5. The quantitative estimate of drug-likeness (QED) is 0.714. The summed E-state index contributed by atoms with van der Waals surface area (Å²) in [5, 5.41) is 4.64. The van der Waals surface area contributed by atoms with E-state index in [1.54, 1.807) is 17.0 Å². The van der Waals surface area contributed by atoms with Crippen LogP contribution in [0, 0.1) is 12.7 Å². The fraction of sp³-hybridized carbons (Fsp3) is 0.500. The number of halogens is 2. The van der Waals surface area contributed by atoms with Gasteiger partial charge in [-0.3, -0.25) is 0 Å². The van der Waals surface area contributed by atoms with Gasteiger partial charge in [0.05, 0.1) is 16.4 Å². The number of hydrogen-bond acceptors (Lipinski definition) is 3. The van der Waals surface area contributed by atoms with Gasteiger partial charge in [0.2, 0.25) is 0 Å². The number of carbonyl (C=O) groups is 1. The summed E-state index contributed by atoms with van der Waals surface area (Å²) in [7, 11) is 0. The van der Waals surface area contributed by atoms with E-state index in [-0.39, 0.29) is 17.0 Å². The molecule has 1 aromatic heterocycles. The monoisotopic (exact) mass is 393 g/mol. The van der Waals surface area contributed by atoms with E-state index >= 15 is 0 Å². The van der Waals surface area contributed by atoms with Crippen LogP contribution in [0.15, 0.2) is 24.3 Å². The maximum Gasteiger partial charge on any atom is 0.410 e. The van der Waals surface area contributed by atoms with E-state index in [9.17, 15) is 9.18 Å². The number of aromatic nitrogens is 2. The lowest BCUT2D eigenvalue weighted by Crippen LogP contribution is -2.41. The number of hydrogen-bond donors (Lipinski definition) is 0. The van der Waals surface area contributed by atoms with Crippen LogP contribution in [0.25, 0.3) is 5.69 Å². The molecule has 27 heavy (non-hydrogen) atoms. The van der Waals surface area contributed by atoms with Gasteiger partial charge in [-0.15, -0.1) is 0 Å². The Hall–Kier alpha value is -2.08. The Kier molecular flexibility index (Phi) is 5.47. The van der Waals surface area contributed by atoms with Gasteiger partial charge >= 0.3 is 6.09 Å². The third-order valence-corrected chi connectivity index (χ3v) is 4.86. The SMILES string of the molecule is Cc1cc(C2CCN(C(=O)OC(C)(C)C)CC2)n(-c2ccc(F)c(Cl)c2)n1. The second-order valence-electron chi connectivity index (χ2n) is 7.96. The third kappa shape index (κ3) is 4.61. The third-order valence-electron chi connectivity index (χ3n) is 4.57. The number of likely N-dealkylation sites (tertiary alicyclic amines) is 1. The highest BCUT2D eigenvalue weighted by molar-refractivity contribution is 6.30. The van der Waals surface area contributed by atoms with Crippen molar-refractivity contribution in [2.45, 2.75) is 52.1 Å². The van der Waals surface area contributed by atoms with Crippen LogP contribution in [0.4, 0.5) is 9.18 Å². The molecule has 0 N–H and O–H groups in total. The van der Waals surface area contributed by atoms with Gasteiger partial charge in [0.15, 0.2) is 0 Å². The standard InChI is InChI=1S/C20H25ClFN3O2/c1-13-11-18(25(23-13)15-5-6-17(22)16(21)12-15)14-7-9-24(10-8-14)19(26)27-20(2,3)4/h5-6,11-12,14H,7-10H2,1-4H3. The van der Waals surface area contributed by atoms with Gasteiger partial charge in [-0.05, 0) is 64.8 Å². The number of ether oxygens (including phenoxy) is 1. The van der Waals surface area contributed by atoms with Crippen LogP contribution >= 0.6 is 11.6 Å². The molecular formula is C20H25ClFN3O2. The second kappa shape index (κ2) is 7.50. The smallest absolute Gasteiger partial charge is 0.410 e. The largest absolute Gasteiger partial charge is 0.444 e. The van der Waals surface area contributed by atoms with Crippen molar-refractivity contribution in [2.75, 3.05) is 13.1 Å². The molecule has 1 amide bonds. The van der Waals surface area contributed by atoms with Gasteiger partial charge in [0.1, 0.15) is 11.4 Å². The summed E-state index contributed by atoms with van der Waals surface area (Å²) in [6, 6.07) is 6.66. The van der Waals surface area contributed by atoms with Gasteiger partial charge in [-0.1, -0.05) is 11.6 Å². The molecule has 0 unspecified atom stereocenters. The fourth-order valence-corrected chi connectivity index (χ4v) is 3.49. The van der Waals surface area contributed by atoms with Crippen molar-refractivity contribution in [3.63, 3.8) is 0 Å². The Morgan fingerprint density at radius 1 is 1.26 bits per heavy atom. The van der Waals surface area contributed by atoms with Crippen molar-refractivity contribution >= 4 is 17.7 Å². The van der Waals surface area contributed by atoms with E-state index in [0.717, 1.165) is 29.9 Å². The number of piperidine rings is 1. The highest BCUT2D eigenvalue weighted by atomic mass is 35.5. The molecule has 0 atom stereocenters. The summed E-state index contributed by atoms with van der Waals surface area (Å²) in [6.45, 7) is 8.80. The molecule has 2 aromatic rings. The summed E-state index contributed by atoms with van der Waals surface area (Å²) in [6.07, 6.45) is 1.37. The van der Waals surface area contributed by atoms with E-state index in [1.165, 1.54) is 6.07 Å². The molecule has 146 valence electrons. The minimum Gasteiger partial charge on any atom is -0.444 e. The Morgan fingerprint density at radius 2 is 1.93 bits per heavy atom. The van der Waals surface area contributed by atoms with E-state index in [1.807, 2.05) is 38.4 Å². The maximum absolute atomic E-state index is 13.5. The van der Waals surface area contributed by atoms with Crippen LogP contribution in [0.2, 0.25) is 5.02 Å². The lowest BCUT2D eigenvalue weighted by atomic mass is 9.93. The van der Waals surface area contributed by atoms with Gasteiger partial charge in [-0.25, -0.2) is 13.9 Å².